The molecule has 1 rings (SSSR count). The number of nitrogens with zero attached hydrogens (tertiary/aromatic N) is 2. The molecule has 2 N–H and O–H groups in total. The molecule has 0 saturated heterocycles. The molecule has 4 nitrogen and oxygen atoms in total. The van der Waals surface area contributed by atoms with Gasteiger partial charge < -0.3 is 10.6 Å². The number of aryl methyl sites for hydroxylation is 1. The third-order valence-corrected chi connectivity index (χ3v) is 2.56. The normalized spacial score (nSPS) is 12.6. The Morgan fingerprint density at radius 1 is 1.25 bits per heavy atom. The third kappa shape index (κ3) is 3.68. The van der Waals surface area contributed by atoms with E-state index in [0.717, 1.165) is 18.1 Å². The zero-order valence-corrected chi connectivity index (χ0v) is 10.8. The van der Waals surface area contributed by atoms with Crippen LogP contribution in [0.5, 0.6) is 0 Å². The Hall–Kier alpha value is -1.32. The van der Waals surface area contributed by atoms with Gasteiger partial charge in [0.25, 0.3) is 0 Å². The van der Waals surface area contributed by atoms with E-state index in [9.17, 15) is 0 Å². The average Bonchev–Trinajstić information content (AvgIpc) is 2.16. The molecule has 1 aromatic rings. The van der Waals surface area contributed by atoms with Gasteiger partial charge in [0.15, 0.2) is 0 Å². The lowest BCUT2D eigenvalue weighted by atomic mass is 10.1. The van der Waals surface area contributed by atoms with Gasteiger partial charge in [0.05, 0.1) is 0 Å². The van der Waals surface area contributed by atoms with Crippen LogP contribution in [0.3, 0.4) is 0 Å². The molecule has 4 heteroatoms. The van der Waals surface area contributed by atoms with Gasteiger partial charge in [-0.25, -0.2) is 4.98 Å². The standard InChI is InChI=1S/C12H22N4/c1-6-13-12-14-9(4)7-11(16-12)15-10(5)8(2)3/h7-8,10H,6H2,1-5H3,(H2,13,14,15,16). The van der Waals surface area contributed by atoms with Crippen LogP contribution < -0.4 is 10.6 Å². The van der Waals surface area contributed by atoms with Crippen LogP contribution in [0.15, 0.2) is 6.07 Å². The molecule has 1 unspecified atom stereocenters. The van der Waals surface area contributed by atoms with Crippen molar-refractivity contribution in [2.24, 2.45) is 5.92 Å². The lowest BCUT2D eigenvalue weighted by molar-refractivity contribution is 0.558. The van der Waals surface area contributed by atoms with Gasteiger partial charge in [-0.3, -0.25) is 0 Å². The third-order valence-electron chi connectivity index (χ3n) is 2.56. The van der Waals surface area contributed by atoms with Gasteiger partial charge in [-0.2, -0.15) is 4.98 Å². The van der Waals surface area contributed by atoms with Crippen molar-refractivity contribution in [3.05, 3.63) is 11.8 Å². The van der Waals surface area contributed by atoms with E-state index in [1.54, 1.807) is 0 Å². The number of aromatic nitrogens is 2. The SMILES string of the molecule is CCNc1nc(C)cc(NC(C)C(C)C)n1. The lowest BCUT2D eigenvalue weighted by Gasteiger charge is -2.18. The summed E-state index contributed by atoms with van der Waals surface area (Å²) < 4.78 is 0. The summed E-state index contributed by atoms with van der Waals surface area (Å²) in [6.45, 7) is 11.4. The number of hydrogen-bond donors (Lipinski definition) is 2. The van der Waals surface area contributed by atoms with E-state index in [1.165, 1.54) is 0 Å². The highest BCUT2D eigenvalue weighted by molar-refractivity contribution is 5.42. The maximum absolute atomic E-state index is 4.41. The molecule has 0 spiro atoms. The summed E-state index contributed by atoms with van der Waals surface area (Å²) in [5, 5.41) is 6.52. The second-order valence-corrected chi connectivity index (χ2v) is 4.43. The second-order valence-electron chi connectivity index (χ2n) is 4.43. The predicted octanol–water partition coefficient (Wildman–Crippen LogP) is 2.67. The zero-order chi connectivity index (χ0) is 12.1. The van der Waals surface area contributed by atoms with Crippen LogP contribution in [0.25, 0.3) is 0 Å². The Bertz CT molecular complexity index is 336. The lowest BCUT2D eigenvalue weighted by Crippen LogP contribution is -2.22. The van der Waals surface area contributed by atoms with Crippen molar-refractivity contribution in [1.82, 2.24) is 9.97 Å². The van der Waals surface area contributed by atoms with E-state index in [0.29, 0.717) is 17.9 Å². The fraction of sp³-hybridized carbons (Fsp3) is 0.667. The molecule has 0 amide bonds. The Labute approximate surface area is 97.9 Å². The maximum atomic E-state index is 4.41. The Morgan fingerprint density at radius 3 is 2.50 bits per heavy atom. The van der Waals surface area contributed by atoms with Crippen molar-refractivity contribution < 1.29 is 0 Å². The van der Waals surface area contributed by atoms with Crippen molar-refractivity contribution >= 4 is 11.8 Å². The summed E-state index contributed by atoms with van der Waals surface area (Å²) in [5.41, 5.74) is 0.976. The van der Waals surface area contributed by atoms with E-state index in [-0.39, 0.29) is 0 Å². The molecule has 0 saturated carbocycles. The monoisotopic (exact) mass is 222 g/mol. The Balaban J connectivity index is 2.79. The van der Waals surface area contributed by atoms with Crippen LogP contribution in [0.4, 0.5) is 11.8 Å². The van der Waals surface area contributed by atoms with Gasteiger partial charge in [-0.05, 0) is 26.7 Å². The molecule has 0 aliphatic rings. The average molecular weight is 222 g/mol. The topological polar surface area (TPSA) is 49.8 Å². The molecule has 0 bridgehead atoms. The van der Waals surface area contributed by atoms with Crippen LogP contribution in [-0.4, -0.2) is 22.6 Å². The summed E-state index contributed by atoms with van der Waals surface area (Å²) in [6, 6.07) is 2.38. The molecule has 1 atom stereocenters. The summed E-state index contributed by atoms with van der Waals surface area (Å²) in [5.74, 6) is 2.17. The van der Waals surface area contributed by atoms with Crippen molar-refractivity contribution in [2.45, 2.75) is 40.7 Å². The maximum Gasteiger partial charge on any atom is 0.224 e. The Morgan fingerprint density at radius 2 is 1.94 bits per heavy atom. The van der Waals surface area contributed by atoms with E-state index >= 15 is 0 Å². The van der Waals surface area contributed by atoms with E-state index < -0.39 is 0 Å². The van der Waals surface area contributed by atoms with Crippen LogP contribution in [0.2, 0.25) is 0 Å². The molecule has 90 valence electrons. The zero-order valence-electron chi connectivity index (χ0n) is 10.8. The molecule has 0 aliphatic heterocycles. The van der Waals surface area contributed by atoms with Gasteiger partial charge in [-0.1, -0.05) is 13.8 Å². The highest BCUT2D eigenvalue weighted by Crippen LogP contribution is 2.13. The van der Waals surface area contributed by atoms with E-state index in [2.05, 4.69) is 41.4 Å². The highest BCUT2D eigenvalue weighted by atomic mass is 15.1. The van der Waals surface area contributed by atoms with Crippen LogP contribution in [-0.2, 0) is 0 Å². The minimum absolute atomic E-state index is 0.406. The van der Waals surface area contributed by atoms with Crippen molar-refractivity contribution in [1.29, 1.82) is 0 Å². The minimum Gasteiger partial charge on any atom is -0.367 e. The van der Waals surface area contributed by atoms with Gasteiger partial charge in [0, 0.05) is 24.3 Å². The first-order valence-corrected chi connectivity index (χ1v) is 5.89. The predicted molar refractivity (Wildman–Crippen MR) is 68.9 cm³/mol. The first-order valence-electron chi connectivity index (χ1n) is 5.89. The summed E-state index contributed by atoms with van der Waals surface area (Å²) in [7, 11) is 0. The number of rotatable bonds is 5. The fourth-order valence-corrected chi connectivity index (χ4v) is 1.28. The summed E-state index contributed by atoms with van der Waals surface area (Å²) in [4.78, 5) is 8.73. The molecule has 16 heavy (non-hydrogen) atoms. The first-order chi connectivity index (χ1) is 7.52. The number of anilines is 2. The molecule has 1 aromatic heterocycles. The Kier molecular flexibility index (Phi) is 4.52. The number of nitrogens with one attached hydrogen (secondary N) is 2. The van der Waals surface area contributed by atoms with Gasteiger partial charge in [0.2, 0.25) is 5.95 Å². The molecular weight excluding hydrogens is 200 g/mol. The molecule has 1 heterocycles. The largest absolute Gasteiger partial charge is 0.367 e. The van der Waals surface area contributed by atoms with Gasteiger partial charge in [-0.15, -0.1) is 0 Å². The van der Waals surface area contributed by atoms with Crippen molar-refractivity contribution in [3.8, 4) is 0 Å². The summed E-state index contributed by atoms with van der Waals surface area (Å²) >= 11 is 0. The fourth-order valence-electron chi connectivity index (χ4n) is 1.28. The molecule has 0 aliphatic carbocycles. The van der Waals surface area contributed by atoms with E-state index in [1.807, 2.05) is 19.9 Å². The first kappa shape index (κ1) is 12.7. The molecular formula is C12H22N4. The van der Waals surface area contributed by atoms with Crippen LogP contribution in [0.1, 0.15) is 33.4 Å². The quantitative estimate of drug-likeness (QED) is 0.804. The molecule has 0 aromatic carbocycles. The van der Waals surface area contributed by atoms with Gasteiger partial charge >= 0.3 is 0 Å². The molecule has 0 radical (unpaired) electrons. The minimum atomic E-state index is 0.406. The second kappa shape index (κ2) is 5.68. The number of hydrogen-bond acceptors (Lipinski definition) is 4. The van der Waals surface area contributed by atoms with Crippen molar-refractivity contribution in [2.75, 3.05) is 17.2 Å². The summed E-state index contributed by atoms with van der Waals surface area (Å²) in [6.07, 6.45) is 0. The highest BCUT2D eigenvalue weighted by Gasteiger charge is 2.08. The smallest absolute Gasteiger partial charge is 0.224 e. The van der Waals surface area contributed by atoms with Crippen LogP contribution in [0, 0.1) is 12.8 Å². The van der Waals surface area contributed by atoms with Gasteiger partial charge in [0.1, 0.15) is 5.82 Å². The molecule has 0 fully saturated rings. The van der Waals surface area contributed by atoms with E-state index in [4.69, 9.17) is 0 Å². The van der Waals surface area contributed by atoms with Crippen LogP contribution >= 0.6 is 0 Å². The van der Waals surface area contributed by atoms with Crippen molar-refractivity contribution in [3.63, 3.8) is 0 Å².